The van der Waals surface area contributed by atoms with Gasteiger partial charge in [-0.3, -0.25) is 10.1 Å². The largest absolute Gasteiger partial charge is 0.476 e. The molecule has 0 unspecified atom stereocenters. The molecule has 21 heavy (non-hydrogen) atoms. The Labute approximate surface area is 114 Å². The molecule has 0 saturated heterocycles. The van der Waals surface area contributed by atoms with Gasteiger partial charge >= 0.3 is 12.1 Å². The van der Waals surface area contributed by atoms with Gasteiger partial charge in [0.15, 0.2) is 5.69 Å². The van der Waals surface area contributed by atoms with Crippen LogP contribution in [0.15, 0.2) is 30.7 Å². The number of aromatic carboxylic acids is 1. The predicted molar refractivity (Wildman–Crippen MR) is 62.2 cm³/mol. The molecule has 10 heteroatoms. The molecule has 0 aliphatic rings. The van der Waals surface area contributed by atoms with Gasteiger partial charge in [0, 0.05) is 18.3 Å². The highest BCUT2D eigenvalue weighted by Gasteiger charge is 2.35. The summed E-state index contributed by atoms with van der Waals surface area (Å²) in [6.07, 6.45) is -3.06. The van der Waals surface area contributed by atoms with E-state index in [0.29, 0.717) is 6.07 Å². The van der Waals surface area contributed by atoms with E-state index >= 15 is 0 Å². The van der Waals surface area contributed by atoms with E-state index in [2.05, 4.69) is 4.98 Å². The number of halogens is 3. The maximum atomic E-state index is 13.0. The molecule has 0 radical (unpaired) electrons. The summed E-state index contributed by atoms with van der Waals surface area (Å²) >= 11 is 0. The lowest BCUT2D eigenvalue weighted by Crippen LogP contribution is -2.11. The van der Waals surface area contributed by atoms with Gasteiger partial charge in [-0.2, -0.15) is 13.2 Å². The number of benzene rings is 1. The Morgan fingerprint density at radius 2 is 2.05 bits per heavy atom. The predicted octanol–water partition coefficient (Wildman–Crippen LogP) is 2.50. The minimum atomic E-state index is -4.84. The van der Waals surface area contributed by atoms with Crippen molar-refractivity contribution < 1.29 is 28.0 Å². The standard InChI is InChI=1S/C11H6F3N3O4/c12-11(13,14)7-3-6(17(20)21)1-2-9(7)16-4-8(10(18)19)15-5-16/h1-5H,(H,18,19). The molecule has 1 heterocycles. The van der Waals surface area contributed by atoms with E-state index in [4.69, 9.17) is 5.11 Å². The molecular weight excluding hydrogens is 295 g/mol. The maximum absolute atomic E-state index is 13.0. The van der Waals surface area contributed by atoms with Crippen LogP contribution >= 0.6 is 0 Å². The number of aromatic nitrogens is 2. The Bertz CT molecular complexity index is 724. The average molecular weight is 301 g/mol. The van der Waals surface area contributed by atoms with Crippen LogP contribution in [0.4, 0.5) is 18.9 Å². The minimum absolute atomic E-state index is 0.385. The Hall–Kier alpha value is -2.91. The van der Waals surface area contributed by atoms with Gasteiger partial charge < -0.3 is 9.67 Å². The third-order valence-corrected chi connectivity index (χ3v) is 2.58. The van der Waals surface area contributed by atoms with Crippen molar-refractivity contribution >= 4 is 11.7 Å². The summed E-state index contributed by atoms with van der Waals surface area (Å²) in [5.41, 5.74) is -2.87. The number of carboxylic acid groups (broad SMARTS) is 1. The van der Waals surface area contributed by atoms with Crippen LogP contribution < -0.4 is 0 Å². The lowest BCUT2D eigenvalue weighted by Gasteiger charge is -2.12. The Balaban J connectivity index is 2.61. The molecule has 2 rings (SSSR count). The molecular formula is C11H6F3N3O4. The zero-order chi connectivity index (χ0) is 15.8. The molecule has 0 spiro atoms. The quantitative estimate of drug-likeness (QED) is 0.693. The second-order valence-corrected chi connectivity index (χ2v) is 3.93. The van der Waals surface area contributed by atoms with Crippen LogP contribution in [0.5, 0.6) is 0 Å². The van der Waals surface area contributed by atoms with Crippen molar-refractivity contribution in [1.82, 2.24) is 9.55 Å². The van der Waals surface area contributed by atoms with Crippen molar-refractivity contribution in [3.63, 3.8) is 0 Å². The van der Waals surface area contributed by atoms with E-state index < -0.39 is 39.7 Å². The summed E-state index contributed by atoms with van der Waals surface area (Å²) in [4.78, 5) is 23.7. The number of carbonyl (C=O) groups is 1. The lowest BCUT2D eigenvalue weighted by molar-refractivity contribution is -0.385. The first-order valence-corrected chi connectivity index (χ1v) is 5.33. The molecule has 0 fully saturated rings. The first-order chi connectivity index (χ1) is 9.70. The molecule has 0 amide bonds. The molecule has 0 bridgehead atoms. The van der Waals surface area contributed by atoms with E-state index in [1.165, 1.54) is 0 Å². The lowest BCUT2D eigenvalue weighted by atomic mass is 10.1. The normalized spacial score (nSPS) is 11.4. The molecule has 7 nitrogen and oxygen atoms in total. The van der Waals surface area contributed by atoms with Crippen LogP contribution in [0.3, 0.4) is 0 Å². The van der Waals surface area contributed by atoms with E-state index in [1.54, 1.807) is 0 Å². The first kappa shape index (κ1) is 14.5. The number of rotatable bonds is 3. The van der Waals surface area contributed by atoms with Crippen LogP contribution in [0.2, 0.25) is 0 Å². The smallest absolute Gasteiger partial charge is 0.418 e. The van der Waals surface area contributed by atoms with E-state index in [9.17, 15) is 28.1 Å². The molecule has 110 valence electrons. The van der Waals surface area contributed by atoms with Crippen molar-refractivity contribution in [2.45, 2.75) is 6.18 Å². The summed E-state index contributed by atoms with van der Waals surface area (Å²) in [5.74, 6) is -1.40. The minimum Gasteiger partial charge on any atom is -0.476 e. The molecule has 0 atom stereocenters. The van der Waals surface area contributed by atoms with Gasteiger partial charge in [-0.05, 0) is 6.07 Å². The number of nitro groups is 1. The fourth-order valence-electron chi connectivity index (χ4n) is 1.65. The summed E-state index contributed by atoms with van der Waals surface area (Å²) in [5, 5.41) is 19.3. The molecule has 0 aliphatic carbocycles. The number of hydrogen-bond donors (Lipinski definition) is 1. The fraction of sp³-hybridized carbons (Fsp3) is 0.0909. The Kier molecular flexibility index (Phi) is 3.37. The number of non-ortho nitro benzene ring substituents is 1. The summed E-state index contributed by atoms with van der Waals surface area (Å²) in [7, 11) is 0. The van der Waals surface area contributed by atoms with Crippen LogP contribution in [-0.2, 0) is 6.18 Å². The average Bonchev–Trinajstić information content (AvgIpc) is 2.86. The van der Waals surface area contributed by atoms with Crippen LogP contribution in [0.25, 0.3) is 5.69 Å². The number of carboxylic acids is 1. The third kappa shape index (κ3) is 2.83. The van der Waals surface area contributed by atoms with E-state index in [1.807, 2.05) is 0 Å². The van der Waals surface area contributed by atoms with Gasteiger partial charge in [0.25, 0.3) is 5.69 Å². The van der Waals surface area contributed by atoms with Crippen LogP contribution in [0.1, 0.15) is 16.1 Å². The number of imidazole rings is 1. The first-order valence-electron chi connectivity index (χ1n) is 5.33. The summed E-state index contributed by atoms with van der Waals surface area (Å²) < 4.78 is 39.8. The van der Waals surface area contributed by atoms with E-state index in [0.717, 1.165) is 29.2 Å². The topological polar surface area (TPSA) is 98.3 Å². The van der Waals surface area contributed by atoms with Gasteiger partial charge in [-0.15, -0.1) is 0 Å². The Morgan fingerprint density at radius 3 is 2.52 bits per heavy atom. The Morgan fingerprint density at radius 1 is 1.38 bits per heavy atom. The molecule has 2 aromatic rings. The maximum Gasteiger partial charge on any atom is 0.418 e. The molecule has 0 saturated carbocycles. The fourth-order valence-corrected chi connectivity index (χ4v) is 1.65. The molecule has 1 N–H and O–H groups in total. The van der Waals surface area contributed by atoms with Crippen LogP contribution in [0, 0.1) is 10.1 Å². The van der Waals surface area contributed by atoms with Crippen molar-refractivity contribution in [3.05, 3.63) is 52.1 Å². The second kappa shape index (κ2) is 4.89. The highest BCUT2D eigenvalue weighted by Crippen LogP contribution is 2.36. The third-order valence-electron chi connectivity index (χ3n) is 2.58. The summed E-state index contributed by atoms with van der Waals surface area (Å²) in [6.45, 7) is 0. The number of nitrogens with zero attached hydrogens (tertiary/aromatic N) is 3. The van der Waals surface area contributed by atoms with Crippen molar-refractivity contribution in [2.24, 2.45) is 0 Å². The van der Waals surface area contributed by atoms with Crippen LogP contribution in [-0.4, -0.2) is 25.6 Å². The zero-order valence-electron chi connectivity index (χ0n) is 10.0. The summed E-state index contributed by atoms with van der Waals surface area (Å²) in [6, 6.07) is 2.16. The number of alkyl halides is 3. The van der Waals surface area contributed by atoms with Crippen molar-refractivity contribution in [1.29, 1.82) is 0 Å². The van der Waals surface area contributed by atoms with Gasteiger partial charge in [-0.1, -0.05) is 0 Å². The van der Waals surface area contributed by atoms with Gasteiger partial charge in [-0.25, -0.2) is 9.78 Å². The molecule has 1 aromatic heterocycles. The highest BCUT2D eigenvalue weighted by molar-refractivity contribution is 5.85. The van der Waals surface area contributed by atoms with Gasteiger partial charge in [0.2, 0.25) is 0 Å². The molecule has 0 aliphatic heterocycles. The van der Waals surface area contributed by atoms with Crippen molar-refractivity contribution in [3.8, 4) is 5.69 Å². The molecule has 1 aromatic carbocycles. The van der Waals surface area contributed by atoms with Gasteiger partial charge in [0.1, 0.15) is 6.33 Å². The van der Waals surface area contributed by atoms with Gasteiger partial charge in [0.05, 0.1) is 16.2 Å². The number of hydrogen-bond acceptors (Lipinski definition) is 4. The van der Waals surface area contributed by atoms with Crippen molar-refractivity contribution in [2.75, 3.05) is 0 Å². The number of nitro benzene ring substituents is 1. The monoisotopic (exact) mass is 301 g/mol. The second-order valence-electron chi connectivity index (χ2n) is 3.93. The highest BCUT2D eigenvalue weighted by atomic mass is 19.4. The van der Waals surface area contributed by atoms with E-state index in [-0.39, 0.29) is 0 Å². The zero-order valence-corrected chi connectivity index (χ0v) is 10.0. The SMILES string of the molecule is O=C(O)c1cn(-c2ccc([N+](=O)[O-])cc2C(F)(F)F)cn1.